The summed E-state index contributed by atoms with van der Waals surface area (Å²) >= 11 is 0. The Bertz CT molecular complexity index is 488. The highest BCUT2D eigenvalue weighted by molar-refractivity contribution is 5.92. The summed E-state index contributed by atoms with van der Waals surface area (Å²) in [5.74, 6) is -0.147. The van der Waals surface area contributed by atoms with Crippen LogP contribution < -0.4 is 5.32 Å². The van der Waals surface area contributed by atoms with Gasteiger partial charge >= 0.3 is 0 Å². The van der Waals surface area contributed by atoms with Gasteiger partial charge in [-0.15, -0.1) is 0 Å². The highest BCUT2D eigenvalue weighted by atomic mass is 16.3. The number of hydrogen-bond donors (Lipinski definition) is 2. The molecule has 5 nitrogen and oxygen atoms in total. The van der Waals surface area contributed by atoms with Crippen LogP contribution in [0.3, 0.4) is 0 Å². The number of aliphatic hydroxyl groups excluding tert-OH is 1. The highest BCUT2D eigenvalue weighted by Crippen LogP contribution is 2.22. The molecule has 22 heavy (non-hydrogen) atoms. The Kier molecular flexibility index (Phi) is 6.60. The Balaban J connectivity index is 2.73. The van der Waals surface area contributed by atoms with Gasteiger partial charge in [-0.25, -0.2) is 0 Å². The van der Waals surface area contributed by atoms with E-state index in [2.05, 4.69) is 24.3 Å². The Morgan fingerprint density at radius 2 is 2.00 bits per heavy atom. The van der Waals surface area contributed by atoms with Gasteiger partial charge in [-0.2, -0.15) is 5.10 Å². The number of aryl methyl sites for hydroxylation is 1. The number of carbonyl (C=O) groups excluding carboxylic acids is 1. The third-order valence-electron chi connectivity index (χ3n) is 4.02. The molecule has 126 valence electrons. The van der Waals surface area contributed by atoms with E-state index >= 15 is 0 Å². The Hall–Kier alpha value is -1.36. The Labute approximate surface area is 134 Å². The molecule has 1 amide bonds. The fourth-order valence-electron chi connectivity index (χ4n) is 2.88. The van der Waals surface area contributed by atoms with E-state index in [1.165, 1.54) is 0 Å². The molecule has 0 saturated carbocycles. The average Bonchev–Trinajstić information content (AvgIpc) is 2.79. The zero-order chi connectivity index (χ0) is 16.9. The SMILES string of the molecule is CCC(CC)n1nc(C(=O)NCC(C)(C)CC(C)O)cc1C. The van der Waals surface area contributed by atoms with Crippen LogP contribution in [0.25, 0.3) is 0 Å². The van der Waals surface area contributed by atoms with Crippen LogP contribution in [0.2, 0.25) is 0 Å². The number of hydrogen-bond acceptors (Lipinski definition) is 3. The van der Waals surface area contributed by atoms with Crippen LogP contribution >= 0.6 is 0 Å². The number of amides is 1. The number of rotatable bonds is 8. The summed E-state index contributed by atoms with van der Waals surface area (Å²) in [6, 6.07) is 2.18. The molecule has 1 atom stereocenters. The largest absolute Gasteiger partial charge is 0.393 e. The lowest BCUT2D eigenvalue weighted by Crippen LogP contribution is -2.36. The molecule has 1 aromatic heterocycles. The second-order valence-electron chi connectivity index (χ2n) is 6.99. The Morgan fingerprint density at radius 3 is 2.50 bits per heavy atom. The summed E-state index contributed by atoms with van der Waals surface area (Å²) in [5, 5.41) is 16.9. The van der Waals surface area contributed by atoms with Crippen molar-refractivity contribution in [3.63, 3.8) is 0 Å². The number of aliphatic hydroxyl groups is 1. The maximum Gasteiger partial charge on any atom is 0.271 e. The number of nitrogens with zero attached hydrogens (tertiary/aromatic N) is 2. The van der Waals surface area contributed by atoms with Crippen molar-refractivity contribution in [2.75, 3.05) is 6.54 Å². The van der Waals surface area contributed by atoms with E-state index in [0.717, 1.165) is 18.5 Å². The van der Waals surface area contributed by atoms with Crippen molar-refractivity contribution in [2.24, 2.45) is 5.41 Å². The number of nitrogens with one attached hydrogen (secondary N) is 1. The van der Waals surface area contributed by atoms with Gasteiger partial charge < -0.3 is 10.4 Å². The van der Waals surface area contributed by atoms with E-state index in [1.807, 2.05) is 31.5 Å². The molecule has 1 rings (SSSR count). The van der Waals surface area contributed by atoms with Gasteiger partial charge in [0.15, 0.2) is 0 Å². The first-order chi connectivity index (χ1) is 10.2. The molecule has 0 bridgehead atoms. The van der Waals surface area contributed by atoms with Crippen LogP contribution in [0.15, 0.2) is 6.07 Å². The minimum Gasteiger partial charge on any atom is -0.393 e. The standard InChI is InChI=1S/C17H31N3O2/c1-7-14(8-2)20-12(3)9-15(19-20)16(22)18-11-17(5,6)10-13(4)21/h9,13-14,21H,7-8,10-11H2,1-6H3,(H,18,22). The van der Waals surface area contributed by atoms with Crippen molar-refractivity contribution in [3.05, 3.63) is 17.5 Å². The van der Waals surface area contributed by atoms with Crippen LogP contribution in [0, 0.1) is 12.3 Å². The first-order valence-electron chi connectivity index (χ1n) is 8.22. The van der Waals surface area contributed by atoms with Crippen LogP contribution in [0.4, 0.5) is 0 Å². The van der Waals surface area contributed by atoms with E-state index in [9.17, 15) is 9.90 Å². The molecule has 1 heterocycles. The van der Waals surface area contributed by atoms with Crippen molar-refractivity contribution in [3.8, 4) is 0 Å². The highest BCUT2D eigenvalue weighted by Gasteiger charge is 2.22. The summed E-state index contributed by atoms with van der Waals surface area (Å²) in [7, 11) is 0. The van der Waals surface area contributed by atoms with E-state index < -0.39 is 0 Å². The monoisotopic (exact) mass is 309 g/mol. The lowest BCUT2D eigenvalue weighted by Gasteiger charge is -2.26. The fraction of sp³-hybridized carbons (Fsp3) is 0.765. The fourth-order valence-corrected chi connectivity index (χ4v) is 2.88. The third-order valence-corrected chi connectivity index (χ3v) is 4.02. The van der Waals surface area contributed by atoms with Gasteiger partial charge in [-0.3, -0.25) is 9.48 Å². The molecule has 0 spiro atoms. The first kappa shape index (κ1) is 18.7. The van der Waals surface area contributed by atoms with Gasteiger partial charge in [-0.05, 0) is 44.6 Å². The topological polar surface area (TPSA) is 67.2 Å². The summed E-state index contributed by atoms with van der Waals surface area (Å²) < 4.78 is 1.95. The van der Waals surface area contributed by atoms with Gasteiger partial charge in [0.25, 0.3) is 5.91 Å². The normalized spacial score (nSPS) is 13.5. The predicted octanol–water partition coefficient (Wildman–Crippen LogP) is 3.08. The van der Waals surface area contributed by atoms with Crippen LogP contribution in [-0.4, -0.2) is 33.4 Å². The summed E-state index contributed by atoms with van der Waals surface area (Å²) in [4.78, 5) is 12.3. The van der Waals surface area contributed by atoms with Gasteiger partial charge in [0.2, 0.25) is 0 Å². The second kappa shape index (κ2) is 7.77. The molecule has 0 radical (unpaired) electrons. The molecule has 0 fully saturated rings. The summed E-state index contributed by atoms with van der Waals surface area (Å²) in [6.45, 7) is 12.6. The van der Waals surface area contributed by atoms with E-state index in [-0.39, 0.29) is 17.4 Å². The number of carbonyl (C=O) groups is 1. The quantitative estimate of drug-likeness (QED) is 0.775. The number of aromatic nitrogens is 2. The summed E-state index contributed by atoms with van der Waals surface area (Å²) in [6.07, 6.45) is 2.28. The van der Waals surface area contributed by atoms with Crippen molar-refractivity contribution in [2.45, 2.75) is 73.0 Å². The van der Waals surface area contributed by atoms with Gasteiger partial charge in [-0.1, -0.05) is 27.7 Å². The van der Waals surface area contributed by atoms with E-state index in [0.29, 0.717) is 24.7 Å². The van der Waals surface area contributed by atoms with E-state index in [1.54, 1.807) is 6.92 Å². The lowest BCUT2D eigenvalue weighted by molar-refractivity contribution is 0.0896. The van der Waals surface area contributed by atoms with E-state index in [4.69, 9.17) is 0 Å². The summed E-state index contributed by atoms with van der Waals surface area (Å²) in [5.41, 5.74) is 1.34. The zero-order valence-electron chi connectivity index (χ0n) is 14.8. The second-order valence-corrected chi connectivity index (χ2v) is 6.99. The zero-order valence-corrected chi connectivity index (χ0v) is 14.8. The minimum absolute atomic E-state index is 0.142. The molecule has 2 N–H and O–H groups in total. The van der Waals surface area contributed by atoms with Gasteiger partial charge in [0.1, 0.15) is 5.69 Å². The molecule has 0 saturated heterocycles. The smallest absolute Gasteiger partial charge is 0.271 e. The van der Waals surface area contributed by atoms with Gasteiger partial charge in [0, 0.05) is 12.2 Å². The minimum atomic E-state index is -0.372. The van der Waals surface area contributed by atoms with Crippen LogP contribution in [0.1, 0.15) is 76.1 Å². The third kappa shape index (κ3) is 5.13. The Morgan fingerprint density at radius 1 is 1.41 bits per heavy atom. The van der Waals surface area contributed by atoms with Crippen molar-refractivity contribution in [1.82, 2.24) is 15.1 Å². The maximum absolute atomic E-state index is 12.3. The molecule has 5 heteroatoms. The molecule has 1 unspecified atom stereocenters. The molecular formula is C17H31N3O2. The lowest BCUT2D eigenvalue weighted by atomic mass is 9.87. The molecule has 0 aliphatic heterocycles. The molecule has 0 aliphatic rings. The van der Waals surface area contributed by atoms with Crippen LogP contribution in [-0.2, 0) is 0 Å². The van der Waals surface area contributed by atoms with Gasteiger partial charge in [0.05, 0.1) is 12.1 Å². The van der Waals surface area contributed by atoms with Crippen molar-refractivity contribution >= 4 is 5.91 Å². The van der Waals surface area contributed by atoms with Crippen molar-refractivity contribution < 1.29 is 9.90 Å². The van der Waals surface area contributed by atoms with Crippen molar-refractivity contribution in [1.29, 1.82) is 0 Å². The average molecular weight is 309 g/mol. The van der Waals surface area contributed by atoms with Crippen LogP contribution in [0.5, 0.6) is 0 Å². The predicted molar refractivity (Wildman–Crippen MR) is 89.0 cm³/mol. The molecule has 1 aromatic rings. The molecule has 0 aromatic carbocycles. The first-order valence-corrected chi connectivity index (χ1v) is 8.22. The molecule has 0 aliphatic carbocycles. The maximum atomic E-state index is 12.3. The molecular weight excluding hydrogens is 278 g/mol.